The maximum Gasteiger partial charge on any atom is 0.131 e. The minimum atomic E-state index is -0.914. The summed E-state index contributed by atoms with van der Waals surface area (Å²) in [5, 5.41) is 9.96. The van der Waals surface area contributed by atoms with Crippen LogP contribution in [-0.2, 0) is 0 Å². The first-order chi connectivity index (χ1) is 6.88. The summed E-state index contributed by atoms with van der Waals surface area (Å²) in [7, 11) is 0. The molecule has 0 heterocycles. The standard InChI is InChI=1S/C12H16F2O/c1-4-12(2,3)11(15)9-6-5-8(13)7-10(9)14/h5-7,11,15H,4H2,1-3H3. The zero-order chi connectivity index (χ0) is 11.6. The van der Waals surface area contributed by atoms with E-state index in [9.17, 15) is 13.9 Å². The van der Waals surface area contributed by atoms with Crippen molar-refractivity contribution in [3.8, 4) is 0 Å². The third-order valence-electron chi connectivity index (χ3n) is 2.91. The van der Waals surface area contributed by atoms with Crippen molar-refractivity contribution in [1.29, 1.82) is 0 Å². The van der Waals surface area contributed by atoms with Crippen molar-refractivity contribution < 1.29 is 13.9 Å². The van der Waals surface area contributed by atoms with E-state index >= 15 is 0 Å². The number of aliphatic hydroxyl groups is 1. The Morgan fingerprint density at radius 2 is 1.93 bits per heavy atom. The Morgan fingerprint density at radius 3 is 2.40 bits per heavy atom. The molecule has 1 aromatic rings. The summed E-state index contributed by atoms with van der Waals surface area (Å²) in [6, 6.07) is 3.25. The first kappa shape index (κ1) is 12.1. The maximum absolute atomic E-state index is 13.4. The molecule has 0 saturated heterocycles. The molecule has 0 aliphatic carbocycles. The number of benzene rings is 1. The van der Waals surface area contributed by atoms with Crippen LogP contribution in [0.5, 0.6) is 0 Å². The average Bonchev–Trinajstić information content (AvgIpc) is 2.17. The number of aliphatic hydroxyl groups excluding tert-OH is 1. The lowest BCUT2D eigenvalue weighted by molar-refractivity contribution is 0.0435. The predicted molar refractivity (Wildman–Crippen MR) is 55.4 cm³/mol. The molecule has 0 fully saturated rings. The fourth-order valence-corrected chi connectivity index (χ4v) is 1.34. The first-order valence-corrected chi connectivity index (χ1v) is 5.01. The summed E-state index contributed by atoms with van der Waals surface area (Å²) in [5.41, 5.74) is -0.262. The highest BCUT2D eigenvalue weighted by Gasteiger charge is 2.29. The molecule has 1 N–H and O–H groups in total. The van der Waals surface area contributed by atoms with Gasteiger partial charge in [0.25, 0.3) is 0 Å². The highest BCUT2D eigenvalue weighted by Crippen LogP contribution is 2.37. The van der Waals surface area contributed by atoms with E-state index < -0.39 is 23.2 Å². The third kappa shape index (κ3) is 2.53. The van der Waals surface area contributed by atoms with Crippen molar-refractivity contribution in [3.63, 3.8) is 0 Å². The van der Waals surface area contributed by atoms with Crippen molar-refractivity contribution in [1.82, 2.24) is 0 Å². The van der Waals surface area contributed by atoms with Gasteiger partial charge < -0.3 is 5.11 Å². The second-order valence-electron chi connectivity index (χ2n) is 4.41. The summed E-state index contributed by atoms with van der Waals surface area (Å²) < 4.78 is 26.0. The van der Waals surface area contributed by atoms with Gasteiger partial charge in [-0.3, -0.25) is 0 Å². The summed E-state index contributed by atoms with van der Waals surface area (Å²) in [6.07, 6.45) is -0.201. The van der Waals surface area contributed by atoms with Crippen LogP contribution in [0.15, 0.2) is 18.2 Å². The van der Waals surface area contributed by atoms with Gasteiger partial charge in [-0.05, 0) is 17.9 Å². The molecule has 0 radical (unpaired) electrons. The Balaban J connectivity index is 3.06. The SMILES string of the molecule is CCC(C)(C)C(O)c1ccc(F)cc1F. The smallest absolute Gasteiger partial charge is 0.131 e. The van der Waals surface area contributed by atoms with Crippen LogP contribution >= 0.6 is 0 Å². The minimum Gasteiger partial charge on any atom is -0.388 e. The quantitative estimate of drug-likeness (QED) is 0.817. The van der Waals surface area contributed by atoms with E-state index in [0.29, 0.717) is 6.42 Å². The van der Waals surface area contributed by atoms with Crippen LogP contribution in [0.3, 0.4) is 0 Å². The summed E-state index contributed by atoms with van der Waals surface area (Å²) >= 11 is 0. The Kier molecular flexibility index (Phi) is 3.45. The number of rotatable bonds is 3. The van der Waals surface area contributed by atoms with E-state index in [1.807, 2.05) is 20.8 Å². The lowest BCUT2D eigenvalue weighted by Gasteiger charge is -2.29. The van der Waals surface area contributed by atoms with Gasteiger partial charge in [-0.15, -0.1) is 0 Å². The Bertz CT molecular complexity index is 347. The molecular weight excluding hydrogens is 198 g/mol. The van der Waals surface area contributed by atoms with Crippen LogP contribution in [0.25, 0.3) is 0 Å². The van der Waals surface area contributed by atoms with Gasteiger partial charge in [0.05, 0.1) is 6.10 Å². The molecule has 0 bridgehead atoms. The summed E-state index contributed by atoms with van der Waals surface area (Å²) in [5.74, 6) is -1.32. The molecule has 84 valence electrons. The van der Waals surface area contributed by atoms with Crippen LogP contribution in [0.2, 0.25) is 0 Å². The lowest BCUT2D eigenvalue weighted by Crippen LogP contribution is -2.22. The molecular formula is C12H16F2O. The molecule has 0 aliphatic rings. The van der Waals surface area contributed by atoms with Gasteiger partial charge >= 0.3 is 0 Å². The minimum absolute atomic E-state index is 0.156. The topological polar surface area (TPSA) is 20.2 Å². The molecule has 0 saturated carbocycles. The lowest BCUT2D eigenvalue weighted by atomic mass is 9.80. The number of hydrogen-bond acceptors (Lipinski definition) is 1. The van der Waals surface area contributed by atoms with Crippen LogP contribution in [0.4, 0.5) is 8.78 Å². The first-order valence-electron chi connectivity index (χ1n) is 5.01. The van der Waals surface area contributed by atoms with Gasteiger partial charge in [0.15, 0.2) is 0 Å². The van der Waals surface area contributed by atoms with Gasteiger partial charge in [0.2, 0.25) is 0 Å². The molecule has 15 heavy (non-hydrogen) atoms. The molecule has 1 aromatic carbocycles. The Hall–Kier alpha value is -0.960. The van der Waals surface area contributed by atoms with E-state index in [4.69, 9.17) is 0 Å². The second kappa shape index (κ2) is 4.27. The van der Waals surface area contributed by atoms with Gasteiger partial charge in [-0.1, -0.05) is 26.8 Å². The molecule has 1 atom stereocenters. The fourth-order valence-electron chi connectivity index (χ4n) is 1.34. The van der Waals surface area contributed by atoms with Crippen molar-refractivity contribution in [2.24, 2.45) is 5.41 Å². The fraction of sp³-hybridized carbons (Fsp3) is 0.500. The van der Waals surface area contributed by atoms with E-state index in [0.717, 1.165) is 12.1 Å². The largest absolute Gasteiger partial charge is 0.388 e. The van der Waals surface area contributed by atoms with Gasteiger partial charge in [-0.2, -0.15) is 0 Å². The van der Waals surface area contributed by atoms with Crippen LogP contribution in [-0.4, -0.2) is 5.11 Å². The van der Waals surface area contributed by atoms with Gasteiger partial charge in [0, 0.05) is 11.6 Å². The molecule has 1 rings (SSSR count). The summed E-state index contributed by atoms with van der Waals surface area (Å²) in [6.45, 7) is 5.62. The maximum atomic E-state index is 13.4. The average molecular weight is 214 g/mol. The molecule has 1 nitrogen and oxygen atoms in total. The Morgan fingerprint density at radius 1 is 1.33 bits per heavy atom. The zero-order valence-electron chi connectivity index (χ0n) is 9.22. The number of hydrogen-bond donors (Lipinski definition) is 1. The highest BCUT2D eigenvalue weighted by atomic mass is 19.1. The molecule has 0 aromatic heterocycles. The Labute approximate surface area is 88.7 Å². The van der Waals surface area contributed by atoms with Crippen molar-refractivity contribution in [3.05, 3.63) is 35.4 Å². The normalized spacial score (nSPS) is 14.0. The molecule has 1 unspecified atom stereocenters. The number of halogens is 2. The molecule has 3 heteroatoms. The van der Waals surface area contributed by atoms with Crippen molar-refractivity contribution in [2.75, 3.05) is 0 Å². The van der Waals surface area contributed by atoms with Gasteiger partial charge in [0.1, 0.15) is 11.6 Å². The molecule has 0 aliphatic heterocycles. The van der Waals surface area contributed by atoms with Crippen LogP contribution in [0.1, 0.15) is 38.9 Å². The predicted octanol–water partition coefficient (Wildman–Crippen LogP) is 3.43. The molecule has 0 amide bonds. The van der Waals surface area contributed by atoms with Crippen molar-refractivity contribution in [2.45, 2.75) is 33.3 Å². The van der Waals surface area contributed by atoms with Crippen LogP contribution < -0.4 is 0 Å². The summed E-state index contributed by atoms with van der Waals surface area (Å²) in [4.78, 5) is 0. The monoisotopic (exact) mass is 214 g/mol. The zero-order valence-corrected chi connectivity index (χ0v) is 9.22. The highest BCUT2D eigenvalue weighted by molar-refractivity contribution is 5.22. The van der Waals surface area contributed by atoms with Crippen molar-refractivity contribution >= 4 is 0 Å². The van der Waals surface area contributed by atoms with Crippen LogP contribution in [0, 0.1) is 17.0 Å². The van der Waals surface area contributed by atoms with E-state index in [-0.39, 0.29) is 5.56 Å². The molecule has 0 spiro atoms. The van der Waals surface area contributed by atoms with E-state index in [1.165, 1.54) is 6.07 Å². The van der Waals surface area contributed by atoms with Gasteiger partial charge in [-0.25, -0.2) is 8.78 Å². The second-order valence-corrected chi connectivity index (χ2v) is 4.41. The van der Waals surface area contributed by atoms with E-state index in [1.54, 1.807) is 0 Å². The van der Waals surface area contributed by atoms with E-state index in [2.05, 4.69) is 0 Å². The third-order valence-corrected chi connectivity index (χ3v) is 2.91.